The van der Waals surface area contributed by atoms with E-state index in [0.29, 0.717) is 12.1 Å². The fraction of sp³-hybridized carbons (Fsp3) is 0.643. The van der Waals surface area contributed by atoms with Crippen LogP contribution in [0, 0.1) is 17.2 Å². The molecule has 2 nitrogen and oxygen atoms in total. The minimum absolute atomic E-state index is 0.217. The van der Waals surface area contributed by atoms with Crippen LogP contribution in [0.3, 0.4) is 0 Å². The zero-order valence-corrected chi connectivity index (χ0v) is 11.2. The van der Waals surface area contributed by atoms with Gasteiger partial charge in [-0.05, 0) is 30.7 Å². The molecular formula is C14H20N2S. The maximum Gasteiger partial charge on any atom is 0.0672 e. The van der Waals surface area contributed by atoms with E-state index in [1.807, 2.05) is 11.3 Å². The van der Waals surface area contributed by atoms with Crippen molar-refractivity contribution in [3.8, 4) is 6.07 Å². The molecule has 1 heterocycles. The summed E-state index contributed by atoms with van der Waals surface area (Å²) in [6.45, 7) is 2.22. The Labute approximate surface area is 108 Å². The molecule has 1 aliphatic rings. The van der Waals surface area contributed by atoms with Gasteiger partial charge >= 0.3 is 0 Å². The lowest BCUT2D eigenvalue weighted by atomic mass is 10.0. The molecule has 0 amide bonds. The quantitative estimate of drug-likeness (QED) is 0.858. The Kier molecular flexibility index (Phi) is 4.58. The van der Waals surface area contributed by atoms with Crippen molar-refractivity contribution in [1.82, 2.24) is 5.32 Å². The largest absolute Gasteiger partial charge is 0.305 e. The lowest BCUT2D eigenvalue weighted by molar-refractivity contribution is 0.388. The van der Waals surface area contributed by atoms with Gasteiger partial charge in [0.05, 0.1) is 12.0 Å². The van der Waals surface area contributed by atoms with E-state index in [1.165, 1.54) is 17.7 Å². The van der Waals surface area contributed by atoms with E-state index in [1.54, 1.807) is 0 Å². The SMILES string of the molecule is CCCC(NC1CCCC1C#N)c1cccs1. The van der Waals surface area contributed by atoms with Crippen LogP contribution in [-0.2, 0) is 0 Å². The molecule has 0 saturated heterocycles. The topological polar surface area (TPSA) is 35.8 Å². The molecule has 1 N–H and O–H groups in total. The fourth-order valence-corrected chi connectivity index (χ4v) is 3.48. The molecule has 1 aliphatic carbocycles. The maximum atomic E-state index is 9.12. The number of nitriles is 1. The molecule has 3 unspecified atom stereocenters. The highest BCUT2D eigenvalue weighted by Gasteiger charge is 2.29. The molecule has 1 fully saturated rings. The van der Waals surface area contributed by atoms with Crippen LogP contribution in [-0.4, -0.2) is 6.04 Å². The molecule has 1 aromatic heterocycles. The second-order valence-corrected chi connectivity index (χ2v) is 5.78. The highest BCUT2D eigenvalue weighted by atomic mass is 32.1. The van der Waals surface area contributed by atoms with Crippen molar-refractivity contribution in [1.29, 1.82) is 5.26 Å². The van der Waals surface area contributed by atoms with Crippen LogP contribution in [0.5, 0.6) is 0 Å². The first kappa shape index (κ1) is 12.6. The van der Waals surface area contributed by atoms with Gasteiger partial charge in [0.25, 0.3) is 0 Å². The summed E-state index contributed by atoms with van der Waals surface area (Å²) in [5, 5.41) is 15.0. The van der Waals surface area contributed by atoms with Crippen LogP contribution in [0.4, 0.5) is 0 Å². The van der Waals surface area contributed by atoms with Gasteiger partial charge in [-0.15, -0.1) is 11.3 Å². The summed E-state index contributed by atoms with van der Waals surface area (Å²) in [5.41, 5.74) is 0. The second kappa shape index (κ2) is 6.18. The van der Waals surface area contributed by atoms with E-state index in [9.17, 15) is 0 Å². The third kappa shape index (κ3) is 3.08. The summed E-state index contributed by atoms with van der Waals surface area (Å²) in [6.07, 6.45) is 5.76. The van der Waals surface area contributed by atoms with E-state index in [4.69, 9.17) is 5.26 Å². The van der Waals surface area contributed by atoms with Crippen LogP contribution in [0.25, 0.3) is 0 Å². The van der Waals surface area contributed by atoms with Gasteiger partial charge in [-0.25, -0.2) is 0 Å². The molecule has 1 aromatic rings. The highest BCUT2D eigenvalue weighted by Crippen LogP contribution is 2.30. The molecule has 0 bridgehead atoms. The van der Waals surface area contributed by atoms with Crippen LogP contribution in [0.15, 0.2) is 17.5 Å². The lowest BCUT2D eigenvalue weighted by Crippen LogP contribution is -2.34. The summed E-state index contributed by atoms with van der Waals surface area (Å²) in [4.78, 5) is 1.41. The van der Waals surface area contributed by atoms with E-state index < -0.39 is 0 Å². The third-order valence-corrected chi connectivity index (χ3v) is 4.55. The Bertz CT molecular complexity index is 366. The number of hydrogen-bond acceptors (Lipinski definition) is 3. The van der Waals surface area contributed by atoms with Crippen molar-refractivity contribution >= 4 is 11.3 Å². The van der Waals surface area contributed by atoms with Crippen molar-refractivity contribution in [3.05, 3.63) is 22.4 Å². The molecule has 2 rings (SSSR count). The monoisotopic (exact) mass is 248 g/mol. The molecule has 0 aromatic carbocycles. The Hall–Kier alpha value is -0.850. The average molecular weight is 248 g/mol. The molecule has 3 atom stereocenters. The summed E-state index contributed by atoms with van der Waals surface area (Å²) >= 11 is 1.82. The number of rotatable bonds is 5. The normalized spacial score (nSPS) is 25.6. The van der Waals surface area contributed by atoms with Crippen LogP contribution < -0.4 is 5.32 Å². The lowest BCUT2D eigenvalue weighted by Gasteiger charge is -2.23. The first-order valence-electron chi connectivity index (χ1n) is 6.54. The first-order valence-corrected chi connectivity index (χ1v) is 7.42. The highest BCUT2D eigenvalue weighted by molar-refractivity contribution is 7.10. The van der Waals surface area contributed by atoms with Gasteiger partial charge in [-0.2, -0.15) is 5.26 Å². The number of nitrogens with one attached hydrogen (secondary N) is 1. The molecule has 0 spiro atoms. The van der Waals surface area contributed by atoms with Crippen LogP contribution in [0.2, 0.25) is 0 Å². The Morgan fingerprint density at radius 1 is 1.59 bits per heavy atom. The van der Waals surface area contributed by atoms with Gasteiger partial charge < -0.3 is 5.32 Å². The minimum Gasteiger partial charge on any atom is -0.305 e. The van der Waals surface area contributed by atoms with Gasteiger partial charge in [-0.3, -0.25) is 0 Å². The maximum absolute atomic E-state index is 9.12. The molecule has 3 heteroatoms. The zero-order valence-electron chi connectivity index (χ0n) is 10.4. The molecule has 92 valence electrons. The van der Waals surface area contributed by atoms with Gasteiger partial charge in [0, 0.05) is 17.0 Å². The summed E-state index contributed by atoms with van der Waals surface area (Å²) in [7, 11) is 0. The summed E-state index contributed by atoms with van der Waals surface area (Å²) in [5.74, 6) is 0.217. The van der Waals surface area contributed by atoms with Crippen molar-refractivity contribution in [2.75, 3.05) is 0 Å². The first-order chi connectivity index (χ1) is 8.35. The average Bonchev–Trinajstić information content (AvgIpc) is 2.99. The molecule has 17 heavy (non-hydrogen) atoms. The summed E-state index contributed by atoms with van der Waals surface area (Å²) < 4.78 is 0. The van der Waals surface area contributed by atoms with E-state index in [-0.39, 0.29) is 5.92 Å². The van der Waals surface area contributed by atoms with Gasteiger partial charge in [0.2, 0.25) is 0 Å². The Morgan fingerprint density at radius 3 is 3.12 bits per heavy atom. The molecule has 0 aliphatic heterocycles. The van der Waals surface area contributed by atoms with E-state index in [2.05, 4.69) is 35.8 Å². The van der Waals surface area contributed by atoms with Crippen molar-refractivity contribution in [2.45, 2.75) is 51.1 Å². The predicted molar refractivity (Wildman–Crippen MR) is 71.8 cm³/mol. The Morgan fingerprint density at radius 2 is 2.47 bits per heavy atom. The van der Waals surface area contributed by atoms with E-state index in [0.717, 1.165) is 19.3 Å². The van der Waals surface area contributed by atoms with Crippen LogP contribution in [0.1, 0.15) is 49.9 Å². The molecule has 0 radical (unpaired) electrons. The van der Waals surface area contributed by atoms with Gasteiger partial charge in [0.15, 0.2) is 0 Å². The number of hydrogen-bond donors (Lipinski definition) is 1. The third-order valence-electron chi connectivity index (χ3n) is 3.56. The van der Waals surface area contributed by atoms with E-state index >= 15 is 0 Å². The standard InChI is InChI=1S/C14H20N2S/c1-2-5-13(14-8-4-9-17-14)16-12-7-3-6-11(12)10-15/h4,8-9,11-13,16H,2-3,5-7H2,1H3. The fourth-order valence-electron chi connectivity index (χ4n) is 2.66. The Balaban J connectivity index is 2.01. The number of nitrogens with zero attached hydrogens (tertiary/aromatic N) is 1. The second-order valence-electron chi connectivity index (χ2n) is 4.80. The minimum atomic E-state index is 0.217. The van der Waals surface area contributed by atoms with Crippen molar-refractivity contribution < 1.29 is 0 Å². The zero-order chi connectivity index (χ0) is 12.1. The van der Waals surface area contributed by atoms with Crippen LogP contribution >= 0.6 is 11.3 Å². The summed E-state index contributed by atoms with van der Waals surface area (Å²) in [6, 6.07) is 7.61. The van der Waals surface area contributed by atoms with Crippen molar-refractivity contribution in [3.63, 3.8) is 0 Å². The molecular weight excluding hydrogens is 228 g/mol. The number of thiophene rings is 1. The molecule has 1 saturated carbocycles. The predicted octanol–water partition coefficient (Wildman–Crippen LogP) is 3.87. The van der Waals surface area contributed by atoms with Crippen molar-refractivity contribution in [2.24, 2.45) is 5.92 Å². The van der Waals surface area contributed by atoms with Gasteiger partial charge in [-0.1, -0.05) is 25.8 Å². The van der Waals surface area contributed by atoms with Gasteiger partial charge in [0.1, 0.15) is 0 Å². The smallest absolute Gasteiger partial charge is 0.0672 e.